The summed E-state index contributed by atoms with van der Waals surface area (Å²) in [6, 6.07) is 2.69. The van der Waals surface area contributed by atoms with E-state index in [-0.39, 0.29) is 18.7 Å². The molecule has 16 heavy (non-hydrogen) atoms. The second kappa shape index (κ2) is 6.24. The molecule has 0 heterocycles. The molecule has 5 heteroatoms. The first kappa shape index (κ1) is 13.5. The number of halogens is 2. The van der Waals surface area contributed by atoms with Gasteiger partial charge in [-0.3, -0.25) is 0 Å². The molecule has 0 fully saturated rings. The van der Waals surface area contributed by atoms with Gasteiger partial charge in [0.1, 0.15) is 5.82 Å². The molecule has 1 rings (SSSR count). The van der Waals surface area contributed by atoms with E-state index in [1.807, 2.05) is 36.4 Å². The quantitative estimate of drug-likeness (QED) is 0.609. The highest BCUT2D eigenvalue weighted by Gasteiger charge is 2.13. The molecule has 0 aromatic heterocycles. The average molecular weight is 340 g/mol. The molecule has 1 aromatic carbocycles. The van der Waals surface area contributed by atoms with E-state index in [1.54, 1.807) is 0 Å². The topological polar surface area (TPSA) is 27.7 Å². The second-order valence-electron chi connectivity index (χ2n) is 3.43. The minimum absolute atomic E-state index is 0.00359. The molecule has 0 bridgehead atoms. The van der Waals surface area contributed by atoms with Crippen molar-refractivity contribution in [1.29, 1.82) is 0 Å². The molecule has 0 saturated carbocycles. The number of ether oxygens (including phenoxy) is 3. The van der Waals surface area contributed by atoms with E-state index in [1.165, 1.54) is 19.2 Å². The molecule has 0 radical (unpaired) electrons. The number of hydrogen-bond donors (Lipinski definition) is 0. The Balaban J connectivity index is 3.00. The fourth-order valence-corrected chi connectivity index (χ4v) is 1.81. The Kier molecular flexibility index (Phi) is 5.27. The third-order valence-corrected chi connectivity index (χ3v) is 2.46. The van der Waals surface area contributed by atoms with E-state index >= 15 is 0 Å². The third-order valence-electron chi connectivity index (χ3n) is 1.66. The van der Waals surface area contributed by atoms with E-state index in [0.29, 0.717) is 15.1 Å². The first-order valence-electron chi connectivity index (χ1n) is 4.82. The number of methoxy groups -OCH3 is 1. The van der Waals surface area contributed by atoms with Gasteiger partial charge in [-0.15, -0.1) is 0 Å². The zero-order valence-electron chi connectivity index (χ0n) is 9.42. The van der Waals surface area contributed by atoms with E-state index < -0.39 is 0 Å². The molecular formula is C11H14FIO3. The van der Waals surface area contributed by atoms with Crippen LogP contribution in [0, 0.1) is 9.39 Å². The maximum atomic E-state index is 13.2. The lowest BCUT2D eigenvalue weighted by Crippen LogP contribution is -2.10. The van der Waals surface area contributed by atoms with Gasteiger partial charge in [-0.25, -0.2) is 4.39 Å². The summed E-state index contributed by atoms with van der Waals surface area (Å²) in [5.41, 5.74) is 0. The Hall–Kier alpha value is -0.560. The molecule has 1 aromatic rings. The van der Waals surface area contributed by atoms with Gasteiger partial charge in [0.05, 0.1) is 9.67 Å². The van der Waals surface area contributed by atoms with Crippen molar-refractivity contribution >= 4 is 22.6 Å². The van der Waals surface area contributed by atoms with Crippen molar-refractivity contribution in [2.75, 3.05) is 13.9 Å². The highest BCUT2D eigenvalue weighted by Crippen LogP contribution is 2.34. The largest absolute Gasteiger partial charge is 0.486 e. The molecule has 0 N–H and O–H groups in total. The Bertz CT molecular complexity index is 355. The number of hydrogen-bond acceptors (Lipinski definition) is 3. The average Bonchev–Trinajstić information content (AvgIpc) is 2.19. The lowest BCUT2D eigenvalue weighted by atomic mass is 10.3. The molecule has 0 unspecified atom stereocenters. The van der Waals surface area contributed by atoms with Crippen molar-refractivity contribution in [2.24, 2.45) is 0 Å². The summed E-state index contributed by atoms with van der Waals surface area (Å²) < 4.78 is 29.5. The van der Waals surface area contributed by atoms with Crippen LogP contribution < -0.4 is 9.47 Å². The summed E-state index contributed by atoms with van der Waals surface area (Å²) >= 11 is 2.01. The maximum Gasteiger partial charge on any atom is 0.188 e. The molecule has 0 aliphatic carbocycles. The van der Waals surface area contributed by atoms with Gasteiger partial charge in [0.15, 0.2) is 18.3 Å². The van der Waals surface area contributed by atoms with Gasteiger partial charge in [0, 0.05) is 13.2 Å². The summed E-state index contributed by atoms with van der Waals surface area (Å²) in [7, 11) is 1.51. The molecule has 0 aliphatic heterocycles. The van der Waals surface area contributed by atoms with Crippen molar-refractivity contribution in [1.82, 2.24) is 0 Å². The van der Waals surface area contributed by atoms with Crippen molar-refractivity contribution in [3.8, 4) is 11.5 Å². The van der Waals surface area contributed by atoms with Crippen LogP contribution in [-0.4, -0.2) is 20.0 Å². The summed E-state index contributed by atoms with van der Waals surface area (Å²) in [5, 5.41) is 0. The predicted octanol–water partition coefficient (Wildman–Crippen LogP) is 3.20. The normalized spacial score (nSPS) is 10.6. The summed E-state index contributed by atoms with van der Waals surface area (Å²) in [4.78, 5) is 0. The van der Waals surface area contributed by atoms with E-state index in [2.05, 4.69) is 0 Å². The van der Waals surface area contributed by atoms with Gasteiger partial charge in [0.25, 0.3) is 0 Å². The van der Waals surface area contributed by atoms with Crippen LogP contribution in [0.1, 0.15) is 13.8 Å². The first-order valence-corrected chi connectivity index (χ1v) is 5.90. The molecule has 0 saturated heterocycles. The smallest absolute Gasteiger partial charge is 0.188 e. The molecule has 0 aliphatic rings. The van der Waals surface area contributed by atoms with Crippen LogP contribution >= 0.6 is 22.6 Å². The van der Waals surface area contributed by atoms with E-state index in [0.717, 1.165) is 0 Å². The van der Waals surface area contributed by atoms with Crippen LogP contribution in [0.5, 0.6) is 11.5 Å². The second-order valence-corrected chi connectivity index (χ2v) is 4.59. The van der Waals surface area contributed by atoms with Crippen molar-refractivity contribution in [2.45, 2.75) is 20.0 Å². The molecule has 0 spiro atoms. The van der Waals surface area contributed by atoms with Gasteiger partial charge in [-0.1, -0.05) is 0 Å². The van der Waals surface area contributed by atoms with Gasteiger partial charge in [-0.2, -0.15) is 0 Å². The first-order chi connectivity index (χ1) is 7.54. The van der Waals surface area contributed by atoms with Crippen molar-refractivity contribution in [3.63, 3.8) is 0 Å². The van der Waals surface area contributed by atoms with E-state index in [9.17, 15) is 4.39 Å². The molecular weight excluding hydrogens is 326 g/mol. The standard InChI is InChI=1S/C11H14FIO3/c1-7(2)16-11-9(13)4-8(12)5-10(11)15-6-14-3/h4-5,7H,6H2,1-3H3. The lowest BCUT2D eigenvalue weighted by Gasteiger charge is -2.16. The molecule has 0 amide bonds. The third kappa shape index (κ3) is 3.79. The molecule has 0 atom stereocenters. The van der Waals surface area contributed by atoms with Crippen LogP contribution in [0.3, 0.4) is 0 Å². The van der Waals surface area contributed by atoms with Crippen LogP contribution in [0.2, 0.25) is 0 Å². The predicted molar refractivity (Wildman–Crippen MR) is 67.4 cm³/mol. The number of benzene rings is 1. The fraction of sp³-hybridized carbons (Fsp3) is 0.455. The van der Waals surface area contributed by atoms with Crippen LogP contribution in [0.4, 0.5) is 4.39 Å². The SMILES string of the molecule is COCOc1cc(F)cc(I)c1OC(C)C. The molecule has 90 valence electrons. The minimum Gasteiger partial charge on any atom is -0.486 e. The Morgan fingerprint density at radius 2 is 2.06 bits per heavy atom. The summed E-state index contributed by atoms with van der Waals surface area (Å²) in [6.45, 7) is 3.87. The summed E-state index contributed by atoms with van der Waals surface area (Å²) in [6.07, 6.45) is 0.00359. The van der Waals surface area contributed by atoms with Gasteiger partial charge < -0.3 is 14.2 Å². The lowest BCUT2D eigenvalue weighted by molar-refractivity contribution is 0.0473. The fourth-order valence-electron chi connectivity index (χ4n) is 1.12. The van der Waals surface area contributed by atoms with Crippen LogP contribution in [-0.2, 0) is 4.74 Å². The molecule has 3 nitrogen and oxygen atoms in total. The monoisotopic (exact) mass is 340 g/mol. The Morgan fingerprint density at radius 1 is 1.38 bits per heavy atom. The summed E-state index contributed by atoms with van der Waals surface area (Å²) in [5.74, 6) is 0.556. The van der Waals surface area contributed by atoms with Gasteiger partial charge in [0.2, 0.25) is 0 Å². The highest BCUT2D eigenvalue weighted by atomic mass is 127. The Labute approximate surface area is 108 Å². The number of rotatable bonds is 5. The van der Waals surface area contributed by atoms with Crippen LogP contribution in [0.25, 0.3) is 0 Å². The zero-order chi connectivity index (χ0) is 12.1. The maximum absolute atomic E-state index is 13.2. The van der Waals surface area contributed by atoms with Gasteiger partial charge >= 0.3 is 0 Å². The van der Waals surface area contributed by atoms with Crippen molar-refractivity contribution in [3.05, 3.63) is 21.5 Å². The van der Waals surface area contributed by atoms with Crippen molar-refractivity contribution < 1.29 is 18.6 Å². The zero-order valence-corrected chi connectivity index (χ0v) is 11.6. The van der Waals surface area contributed by atoms with E-state index in [4.69, 9.17) is 14.2 Å². The van der Waals surface area contributed by atoms with Gasteiger partial charge in [-0.05, 0) is 42.5 Å². The Morgan fingerprint density at radius 3 is 2.62 bits per heavy atom. The minimum atomic E-state index is -0.355. The van der Waals surface area contributed by atoms with Crippen LogP contribution in [0.15, 0.2) is 12.1 Å². The highest BCUT2D eigenvalue weighted by molar-refractivity contribution is 14.1.